The Morgan fingerprint density at radius 3 is 2.50 bits per heavy atom. The van der Waals surface area contributed by atoms with E-state index in [1.807, 2.05) is 20.8 Å². The zero-order valence-corrected chi connectivity index (χ0v) is 13.3. The van der Waals surface area contributed by atoms with Gasteiger partial charge in [-0.05, 0) is 40.0 Å². The summed E-state index contributed by atoms with van der Waals surface area (Å²) < 4.78 is 27.0. The standard InChI is InChI=1S/C12H19BrN2O2S/c1-4-15(8-9(2)3)18(16,17)12-7-10(14)5-6-11(12)13/h5-7,9H,4,8,14H2,1-3H3. The maximum absolute atomic E-state index is 12.5. The number of rotatable bonds is 5. The summed E-state index contributed by atoms with van der Waals surface area (Å²) in [5.74, 6) is 0.277. The van der Waals surface area contributed by atoms with Crippen molar-refractivity contribution in [3.8, 4) is 0 Å². The Balaban J connectivity index is 3.22. The lowest BCUT2D eigenvalue weighted by molar-refractivity contribution is 0.380. The second kappa shape index (κ2) is 6.04. The Morgan fingerprint density at radius 2 is 2.00 bits per heavy atom. The van der Waals surface area contributed by atoms with Crippen molar-refractivity contribution in [1.29, 1.82) is 0 Å². The molecule has 4 nitrogen and oxygen atoms in total. The lowest BCUT2D eigenvalue weighted by Crippen LogP contribution is -2.34. The highest BCUT2D eigenvalue weighted by Crippen LogP contribution is 2.27. The molecule has 0 aliphatic carbocycles. The van der Waals surface area contributed by atoms with E-state index in [1.165, 1.54) is 10.4 Å². The lowest BCUT2D eigenvalue weighted by atomic mass is 10.2. The third-order valence-electron chi connectivity index (χ3n) is 2.49. The molecule has 1 aromatic rings. The summed E-state index contributed by atoms with van der Waals surface area (Å²) in [5.41, 5.74) is 6.11. The molecule has 0 heterocycles. The van der Waals surface area contributed by atoms with Crippen molar-refractivity contribution in [2.45, 2.75) is 25.7 Å². The van der Waals surface area contributed by atoms with E-state index in [9.17, 15) is 8.42 Å². The highest BCUT2D eigenvalue weighted by molar-refractivity contribution is 9.10. The van der Waals surface area contributed by atoms with Gasteiger partial charge in [-0.15, -0.1) is 0 Å². The van der Waals surface area contributed by atoms with Crippen LogP contribution in [0, 0.1) is 5.92 Å². The number of hydrogen-bond acceptors (Lipinski definition) is 3. The van der Waals surface area contributed by atoms with Crippen LogP contribution in [0.4, 0.5) is 5.69 Å². The molecule has 0 saturated heterocycles. The maximum Gasteiger partial charge on any atom is 0.244 e. The highest BCUT2D eigenvalue weighted by Gasteiger charge is 2.25. The van der Waals surface area contributed by atoms with E-state index in [-0.39, 0.29) is 10.8 Å². The highest BCUT2D eigenvalue weighted by atomic mass is 79.9. The summed E-state index contributed by atoms with van der Waals surface area (Å²) in [6.07, 6.45) is 0. The number of benzene rings is 1. The summed E-state index contributed by atoms with van der Waals surface area (Å²) in [6, 6.07) is 4.82. The van der Waals surface area contributed by atoms with Crippen LogP contribution in [0.25, 0.3) is 0 Å². The first kappa shape index (κ1) is 15.5. The van der Waals surface area contributed by atoms with Crippen molar-refractivity contribution in [1.82, 2.24) is 4.31 Å². The number of anilines is 1. The summed E-state index contributed by atoms with van der Waals surface area (Å²) in [4.78, 5) is 0.227. The van der Waals surface area contributed by atoms with Crippen LogP contribution in [0.1, 0.15) is 20.8 Å². The van der Waals surface area contributed by atoms with Crippen molar-refractivity contribution in [2.75, 3.05) is 18.8 Å². The lowest BCUT2D eigenvalue weighted by Gasteiger charge is -2.23. The van der Waals surface area contributed by atoms with Gasteiger partial charge in [0, 0.05) is 23.2 Å². The van der Waals surface area contributed by atoms with E-state index in [2.05, 4.69) is 15.9 Å². The number of halogens is 1. The van der Waals surface area contributed by atoms with Crippen molar-refractivity contribution < 1.29 is 8.42 Å². The molecule has 102 valence electrons. The molecule has 0 radical (unpaired) electrons. The summed E-state index contributed by atoms with van der Waals surface area (Å²) in [6.45, 7) is 6.76. The predicted octanol–water partition coefficient (Wildman–Crippen LogP) is 2.70. The number of nitrogens with two attached hydrogens (primary N) is 1. The van der Waals surface area contributed by atoms with E-state index < -0.39 is 10.0 Å². The van der Waals surface area contributed by atoms with E-state index in [0.29, 0.717) is 23.2 Å². The zero-order valence-electron chi connectivity index (χ0n) is 10.9. The molecule has 18 heavy (non-hydrogen) atoms. The van der Waals surface area contributed by atoms with Crippen molar-refractivity contribution in [3.63, 3.8) is 0 Å². The first-order chi connectivity index (χ1) is 8.28. The van der Waals surface area contributed by atoms with Crippen LogP contribution < -0.4 is 5.73 Å². The number of nitrogens with zero attached hydrogens (tertiary/aromatic N) is 1. The van der Waals surface area contributed by atoms with Crippen LogP contribution in [-0.4, -0.2) is 25.8 Å². The predicted molar refractivity (Wildman–Crippen MR) is 77.8 cm³/mol. The average molecular weight is 335 g/mol. The summed E-state index contributed by atoms with van der Waals surface area (Å²) in [5, 5.41) is 0. The van der Waals surface area contributed by atoms with Gasteiger partial charge in [-0.3, -0.25) is 0 Å². The smallest absolute Gasteiger partial charge is 0.244 e. The van der Waals surface area contributed by atoms with Gasteiger partial charge < -0.3 is 5.73 Å². The van der Waals surface area contributed by atoms with Gasteiger partial charge in [0.05, 0.1) is 4.90 Å². The molecule has 0 aromatic heterocycles. The first-order valence-electron chi connectivity index (χ1n) is 5.84. The van der Waals surface area contributed by atoms with Crippen LogP contribution >= 0.6 is 15.9 Å². The van der Waals surface area contributed by atoms with Gasteiger partial charge in [-0.1, -0.05) is 20.8 Å². The van der Waals surface area contributed by atoms with E-state index in [4.69, 9.17) is 5.73 Å². The third kappa shape index (κ3) is 3.46. The molecule has 0 aliphatic rings. The molecular weight excluding hydrogens is 316 g/mol. The molecule has 0 bridgehead atoms. The number of nitrogen functional groups attached to an aromatic ring is 1. The molecule has 0 atom stereocenters. The number of sulfonamides is 1. The monoisotopic (exact) mass is 334 g/mol. The zero-order chi connectivity index (χ0) is 13.9. The fourth-order valence-electron chi connectivity index (χ4n) is 1.66. The SMILES string of the molecule is CCN(CC(C)C)S(=O)(=O)c1cc(N)ccc1Br. The van der Waals surface area contributed by atoms with E-state index in [1.54, 1.807) is 12.1 Å². The molecular formula is C12H19BrN2O2S. The molecule has 6 heteroatoms. The summed E-state index contributed by atoms with van der Waals surface area (Å²) >= 11 is 3.27. The molecule has 0 unspecified atom stereocenters. The quantitative estimate of drug-likeness (QED) is 0.842. The Hall–Kier alpha value is -0.590. The minimum Gasteiger partial charge on any atom is -0.399 e. The van der Waals surface area contributed by atoms with Crippen molar-refractivity contribution in [2.24, 2.45) is 5.92 Å². The minimum atomic E-state index is -3.49. The van der Waals surface area contributed by atoms with Gasteiger partial charge in [0.2, 0.25) is 10.0 Å². The molecule has 1 rings (SSSR count). The van der Waals surface area contributed by atoms with Crippen LogP contribution in [0.3, 0.4) is 0 Å². The van der Waals surface area contributed by atoms with Crippen LogP contribution in [0.15, 0.2) is 27.6 Å². The Kier molecular flexibility index (Phi) is 5.19. The normalized spacial score (nSPS) is 12.3. The van der Waals surface area contributed by atoms with Crippen molar-refractivity contribution >= 4 is 31.6 Å². The van der Waals surface area contributed by atoms with Crippen LogP contribution in [-0.2, 0) is 10.0 Å². The molecule has 1 aromatic carbocycles. The maximum atomic E-state index is 12.5. The largest absolute Gasteiger partial charge is 0.399 e. The van der Waals surface area contributed by atoms with Gasteiger partial charge in [-0.2, -0.15) is 4.31 Å². The summed E-state index contributed by atoms with van der Waals surface area (Å²) in [7, 11) is -3.49. The average Bonchev–Trinajstić information content (AvgIpc) is 2.28. The first-order valence-corrected chi connectivity index (χ1v) is 8.07. The molecule has 0 fully saturated rings. The molecule has 0 amide bonds. The van der Waals surface area contributed by atoms with Gasteiger partial charge in [0.15, 0.2) is 0 Å². The second-order valence-corrected chi connectivity index (χ2v) is 7.30. The second-order valence-electron chi connectivity index (χ2n) is 4.54. The molecule has 0 saturated carbocycles. The minimum absolute atomic E-state index is 0.227. The fraction of sp³-hybridized carbons (Fsp3) is 0.500. The third-order valence-corrected chi connectivity index (χ3v) is 5.43. The van der Waals surface area contributed by atoms with Gasteiger partial charge in [0.25, 0.3) is 0 Å². The van der Waals surface area contributed by atoms with Crippen molar-refractivity contribution in [3.05, 3.63) is 22.7 Å². The topological polar surface area (TPSA) is 63.4 Å². The number of hydrogen-bond donors (Lipinski definition) is 1. The van der Waals surface area contributed by atoms with Gasteiger partial charge in [0.1, 0.15) is 0 Å². The van der Waals surface area contributed by atoms with Gasteiger partial charge >= 0.3 is 0 Å². The fourth-order valence-corrected chi connectivity index (χ4v) is 4.23. The van der Waals surface area contributed by atoms with E-state index in [0.717, 1.165) is 0 Å². The molecule has 0 spiro atoms. The molecule has 0 aliphatic heterocycles. The Morgan fingerprint density at radius 1 is 1.39 bits per heavy atom. The Labute approximate surface area is 117 Å². The Bertz CT molecular complexity index is 515. The molecule has 2 N–H and O–H groups in total. The van der Waals surface area contributed by atoms with E-state index >= 15 is 0 Å². The van der Waals surface area contributed by atoms with Crippen LogP contribution in [0.5, 0.6) is 0 Å². The van der Waals surface area contributed by atoms with Crippen LogP contribution in [0.2, 0.25) is 0 Å². The van der Waals surface area contributed by atoms with Gasteiger partial charge in [-0.25, -0.2) is 8.42 Å².